The predicted octanol–water partition coefficient (Wildman–Crippen LogP) is 1.65. The Morgan fingerprint density at radius 1 is 1.09 bits per heavy atom. The monoisotopic (exact) mass is 328 g/mol. The summed E-state index contributed by atoms with van der Waals surface area (Å²) in [7, 11) is 2.78. The van der Waals surface area contributed by atoms with Gasteiger partial charge in [0.2, 0.25) is 0 Å². The van der Waals surface area contributed by atoms with Crippen LogP contribution < -0.4 is 9.47 Å². The van der Waals surface area contributed by atoms with E-state index in [1.165, 1.54) is 8.61 Å². The van der Waals surface area contributed by atoms with Crippen molar-refractivity contribution in [2.24, 2.45) is 0 Å². The highest BCUT2D eigenvalue weighted by molar-refractivity contribution is 7.86. The van der Waals surface area contributed by atoms with Crippen LogP contribution in [0.3, 0.4) is 0 Å². The van der Waals surface area contributed by atoms with E-state index in [-0.39, 0.29) is 0 Å². The third-order valence-corrected chi connectivity index (χ3v) is 6.16. The number of methoxy groups -OCH3 is 2. The van der Waals surface area contributed by atoms with Crippen LogP contribution in [0.5, 0.6) is 11.5 Å². The maximum absolute atomic E-state index is 12.6. The van der Waals surface area contributed by atoms with Gasteiger partial charge >= 0.3 is 0 Å². The summed E-state index contributed by atoms with van der Waals surface area (Å²) in [6.45, 7) is 4.20. The van der Waals surface area contributed by atoms with Crippen LogP contribution >= 0.6 is 0 Å². The molecule has 0 amide bonds. The highest BCUT2D eigenvalue weighted by atomic mass is 32.2. The number of nitrogens with zero attached hydrogens (tertiary/aromatic N) is 2. The van der Waals surface area contributed by atoms with Crippen LogP contribution in [0.25, 0.3) is 0 Å². The maximum atomic E-state index is 12.6. The Kier molecular flexibility index (Phi) is 4.43. The molecular formula is C15H24N2O4S. The Morgan fingerprint density at radius 2 is 1.59 bits per heavy atom. The summed E-state index contributed by atoms with van der Waals surface area (Å²) in [4.78, 5) is 0. The summed E-state index contributed by atoms with van der Waals surface area (Å²) < 4.78 is 38.6. The van der Waals surface area contributed by atoms with E-state index in [4.69, 9.17) is 9.47 Å². The zero-order valence-corrected chi connectivity index (χ0v) is 14.8. The van der Waals surface area contributed by atoms with E-state index in [2.05, 4.69) is 0 Å². The zero-order valence-electron chi connectivity index (χ0n) is 14.0. The Balaban J connectivity index is 2.52. The molecule has 0 spiro atoms. The molecule has 0 saturated heterocycles. The van der Waals surface area contributed by atoms with Gasteiger partial charge in [0.25, 0.3) is 10.2 Å². The van der Waals surface area contributed by atoms with Gasteiger partial charge in [0.1, 0.15) is 0 Å². The molecule has 1 aliphatic rings. The first-order valence-corrected chi connectivity index (χ1v) is 8.47. The minimum Gasteiger partial charge on any atom is -0.493 e. The van der Waals surface area contributed by atoms with Gasteiger partial charge in [-0.3, -0.25) is 0 Å². The molecule has 1 aromatic rings. The highest BCUT2D eigenvalue weighted by Gasteiger charge is 2.41. The molecule has 0 unspecified atom stereocenters. The molecule has 1 aromatic carbocycles. The maximum Gasteiger partial charge on any atom is 0.282 e. The topological polar surface area (TPSA) is 59.1 Å². The smallest absolute Gasteiger partial charge is 0.282 e. The molecule has 0 atom stereocenters. The predicted molar refractivity (Wildman–Crippen MR) is 85.5 cm³/mol. The third-order valence-electron chi connectivity index (χ3n) is 4.06. The molecule has 6 nitrogen and oxygen atoms in total. The first-order chi connectivity index (χ1) is 10.1. The number of ether oxygens (including phenoxy) is 2. The molecule has 7 heteroatoms. The molecule has 0 saturated carbocycles. The molecule has 2 rings (SSSR count). The Bertz CT molecular complexity index is 668. The van der Waals surface area contributed by atoms with Crippen LogP contribution in [0, 0.1) is 0 Å². The van der Waals surface area contributed by atoms with Gasteiger partial charge in [-0.05, 0) is 43.5 Å². The first-order valence-electron chi connectivity index (χ1n) is 7.07. The summed E-state index contributed by atoms with van der Waals surface area (Å²) in [6, 6.07) is 3.80. The van der Waals surface area contributed by atoms with Gasteiger partial charge in [-0.25, -0.2) is 0 Å². The molecule has 0 aliphatic carbocycles. The van der Waals surface area contributed by atoms with Crippen LogP contribution in [-0.4, -0.2) is 50.9 Å². The molecule has 0 N–H and O–H groups in total. The van der Waals surface area contributed by atoms with Crippen LogP contribution in [0.4, 0.5) is 0 Å². The summed E-state index contributed by atoms with van der Waals surface area (Å²) in [5, 5.41) is 0. The summed E-state index contributed by atoms with van der Waals surface area (Å²) >= 11 is 0. The second-order valence-corrected chi connectivity index (χ2v) is 8.33. The first kappa shape index (κ1) is 17.1. The fraction of sp³-hybridized carbons (Fsp3) is 0.600. The van der Waals surface area contributed by atoms with Gasteiger partial charge in [0.15, 0.2) is 11.5 Å². The molecule has 1 aliphatic heterocycles. The number of benzene rings is 1. The summed E-state index contributed by atoms with van der Waals surface area (Å²) in [5.74, 6) is 1.28. The lowest BCUT2D eigenvalue weighted by atomic mass is 9.87. The van der Waals surface area contributed by atoms with Crippen molar-refractivity contribution in [3.05, 3.63) is 23.3 Å². The van der Waals surface area contributed by atoms with E-state index in [0.717, 1.165) is 11.1 Å². The second-order valence-electron chi connectivity index (χ2n) is 6.26. The lowest BCUT2D eigenvalue weighted by molar-refractivity contribution is 0.191. The SMILES string of the molecule is COc1cc2c(cc1OC)CC(C)(C)N(S(=O)(=O)N(C)C)C2. The molecule has 0 radical (unpaired) electrons. The van der Waals surface area contributed by atoms with Crippen molar-refractivity contribution in [3.8, 4) is 11.5 Å². The fourth-order valence-electron chi connectivity index (χ4n) is 2.79. The molecule has 22 heavy (non-hydrogen) atoms. The molecule has 0 bridgehead atoms. The van der Waals surface area contributed by atoms with Crippen molar-refractivity contribution in [3.63, 3.8) is 0 Å². The minimum atomic E-state index is -3.49. The fourth-order valence-corrected chi connectivity index (χ4v) is 4.17. The van der Waals surface area contributed by atoms with Crippen molar-refractivity contribution in [1.29, 1.82) is 0 Å². The molecular weight excluding hydrogens is 304 g/mol. The van der Waals surface area contributed by atoms with Crippen molar-refractivity contribution in [1.82, 2.24) is 8.61 Å². The largest absolute Gasteiger partial charge is 0.493 e. The molecule has 0 fully saturated rings. The molecule has 124 valence electrons. The van der Waals surface area contributed by atoms with E-state index in [1.54, 1.807) is 28.3 Å². The standard InChI is InChI=1S/C15H24N2O4S/c1-15(2)9-11-7-13(20-5)14(21-6)8-12(11)10-17(15)22(18,19)16(3)4/h7-8H,9-10H2,1-6H3. The second kappa shape index (κ2) is 5.72. The quantitative estimate of drug-likeness (QED) is 0.843. The van der Waals surface area contributed by atoms with Crippen LogP contribution in [0.1, 0.15) is 25.0 Å². The lowest BCUT2D eigenvalue weighted by Gasteiger charge is -2.43. The summed E-state index contributed by atoms with van der Waals surface area (Å²) in [5.41, 5.74) is 1.53. The summed E-state index contributed by atoms with van der Waals surface area (Å²) in [6.07, 6.45) is 0.621. The number of rotatable bonds is 4. The van der Waals surface area contributed by atoms with E-state index >= 15 is 0 Å². The van der Waals surface area contributed by atoms with Crippen molar-refractivity contribution in [2.75, 3.05) is 28.3 Å². The third kappa shape index (κ3) is 2.80. The molecule has 1 heterocycles. The average molecular weight is 328 g/mol. The van der Waals surface area contributed by atoms with Gasteiger partial charge in [-0.15, -0.1) is 0 Å². The number of hydrogen-bond donors (Lipinski definition) is 0. The van der Waals surface area contributed by atoms with Gasteiger partial charge in [0.05, 0.1) is 14.2 Å². The van der Waals surface area contributed by atoms with Gasteiger partial charge < -0.3 is 9.47 Å². The zero-order chi connectivity index (χ0) is 16.7. The lowest BCUT2D eigenvalue weighted by Crippen LogP contribution is -2.54. The molecule has 0 aromatic heterocycles. The van der Waals surface area contributed by atoms with Crippen molar-refractivity contribution >= 4 is 10.2 Å². The van der Waals surface area contributed by atoms with Crippen LogP contribution in [0.15, 0.2) is 12.1 Å². The highest BCUT2D eigenvalue weighted by Crippen LogP contribution is 2.39. The Labute approximate surface area is 132 Å². The Morgan fingerprint density at radius 3 is 2.05 bits per heavy atom. The van der Waals surface area contributed by atoms with Gasteiger partial charge in [-0.1, -0.05) is 0 Å². The van der Waals surface area contributed by atoms with Crippen molar-refractivity contribution < 1.29 is 17.9 Å². The van der Waals surface area contributed by atoms with E-state index in [9.17, 15) is 8.42 Å². The van der Waals surface area contributed by atoms with E-state index in [0.29, 0.717) is 24.5 Å². The Hall–Kier alpha value is -1.31. The van der Waals surface area contributed by atoms with E-state index in [1.807, 2.05) is 26.0 Å². The van der Waals surface area contributed by atoms with E-state index < -0.39 is 15.7 Å². The van der Waals surface area contributed by atoms with Gasteiger partial charge in [0, 0.05) is 26.2 Å². The average Bonchev–Trinajstić information content (AvgIpc) is 2.43. The number of hydrogen-bond acceptors (Lipinski definition) is 4. The van der Waals surface area contributed by atoms with Crippen LogP contribution in [-0.2, 0) is 23.2 Å². The normalized spacial score (nSPS) is 18.1. The van der Waals surface area contributed by atoms with Crippen molar-refractivity contribution in [2.45, 2.75) is 32.4 Å². The number of fused-ring (bicyclic) bond motifs is 1. The van der Waals surface area contributed by atoms with Crippen LogP contribution in [0.2, 0.25) is 0 Å². The minimum absolute atomic E-state index is 0.323. The van der Waals surface area contributed by atoms with Gasteiger partial charge in [-0.2, -0.15) is 17.0 Å².